The molecule has 2 rings (SSSR count). The van der Waals surface area contributed by atoms with Crippen molar-refractivity contribution in [2.75, 3.05) is 20.8 Å². The first-order valence-electron chi connectivity index (χ1n) is 6.51. The van der Waals surface area contributed by atoms with Crippen LogP contribution >= 0.6 is 11.5 Å². The molecule has 1 aromatic heterocycles. The number of benzene rings is 1. The maximum absolute atomic E-state index is 12.5. The zero-order valence-corrected chi connectivity index (χ0v) is 13.1. The first-order chi connectivity index (χ1) is 10.1. The standard InChI is InChI=1S/C15H18N2O3S/c1-10-13(9-21-16-10)15(19)17(2)14(8-18)11-4-6-12(20-3)7-5-11/h4-7,9,14,18H,8H2,1-3H3. The van der Waals surface area contributed by atoms with Crippen LogP contribution in [0, 0.1) is 6.92 Å². The maximum atomic E-state index is 12.5. The summed E-state index contributed by atoms with van der Waals surface area (Å²) in [6, 6.07) is 6.92. The molecule has 1 unspecified atom stereocenters. The SMILES string of the molecule is COc1ccc(C(CO)N(C)C(=O)c2csnc2C)cc1. The van der Waals surface area contributed by atoms with Crippen molar-refractivity contribution in [2.24, 2.45) is 0 Å². The molecule has 2 aromatic rings. The van der Waals surface area contributed by atoms with Crippen LogP contribution in [0.3, 0.4) is 0 Å². The van der Waals surface area contributed by atoms with Crippen LogP contribution in [0.4, 0.5) is 0 Å². The predicted molar refractivity (Wildman–Crippen MR) is 81.8 cm³/mol. The topological polar surface area (TPSA) is 62.7 Å². The summed E-state index contributed by atoms with van der Waals surface area (Å²) in [6.45, 7) is 1.66. The Bertz CT molecular complexity index is 610. The number of carbonyl (C=O) groups is 1. The molecule has 1 N–H and O–H groups in total. The molecule has 0 fully saturated rings. The minimum absolute atomic E-state index is 0.142. The van der Waals surface area contributed by atoms with Gasteiger partial charge in [-0.15, -0.1) is 0 Å². The molecule has 0 aliphatic heterocycles. The summed E-state index contributed by atoms with van der Waals surface area (Å²) in [4.78, 5) is 14.0. The van der Waals surface area contributed by atoms with E-state index in [2.05, 4.69) is 4.37 Å². The van der Waals surface area contributed by atoms with E-state index < -0.39 is 6.04 Å². The molecule has 6 heteroatoms. The third kappa shape index (κ3) is 3.22. The fraction of sp³-hybridized carbons (Fsp3) is 0.333. The van der Waals surface area contributed by atoms with E-state index in [-0.39, 0.29) is 12.5 Å². The van der Waals surface area contributed by atoms with Crippen molar-refractivity contribution in [2.45, 2.75) is 13.0 Å². The molecule has 1 amide bonds. The van der Waals surface area contributed by atoms with Crippen LogP contribution < -0.4 is 4.74 Å². The fourth-order valence-corrected chi connectivity index (χ4v) is 2.79. The Balaban J connectivity index is 2.23. The quantitative estimate of drug-likeness (QED) is 0.920. The minimum Gasteiger partial charge on any atom is -0.497 e. The molecule has 0 aliphatic carbocycles. The number of carbonyl (C=O) groups excluding carboxylic acids is 1. The molecule has 1 heterocycles. The summed E-state index contributed by atoms with van der Waals surface area (Å²) in [6.07, 6.45) is 0. The highest BCUT2D eigenvalue weighted by Crippen LogP contribution is 2.24. The van der Waals surface area contributed by atoms with E-state index >= 15 is 0 Å². The number of aliphatic hydroxyl groups is 1. The average Bonchev–Trinajstić information content (AvgIpc) is 2.94. The monoisotopic (exact) mass is 306 g/mol. The number of rotatable bonds is 5. The number of hydrogen-bond acceptors (Lipinski definition) is 5. The molecule has 112 valence electrons. The van der Waals surface area contributed by atoms with E-state index in [1.54, 1.807) is 31.4 Å². The highest BCUT2D eigenvalue weighted by atomic mass is 32.1. The van der Waals surface area contributed by atoms with Crippen LogP contribution in [-0.2, 0) is 0 Å². The number of amides is 1. The molecular formula is C15H18N2O3S. The van der Waals surface area contributed by atoms with Crippen molar-refractivity contribution in [3.8, 4) is 5.75 Å². The van der Waals surface area contributed by atoms with Crippen LogP contribution in [0.2, 0.25) is 0 Å². The Morgan fingerprint density at radius 1 is 1.43 bits per heavy atom. The van der Waals surface area contributed by atoms with Gasteiger partial charge in [0, 0.05) is 12.4 Å². The van der Waals surface area contributed by atoms with Gasteiger partial charge in [-0.1, -0.05) is 12.1 Å². The molecule has 0 aliphatic rings. The van der Waals surface area contributed by atoms with Gasteiger partial charge in [-0.3, -0.25) is 4.79 Å². The first kappa shape index (κ1) is 15.5. The summed E-state index contributed by atoms with van der Waals surface area (Å²) >= 11 is 1.26. The number of methoxy groups -OCH3 is 1. The number of aryl methyl sites for hydroxylation is 1. The van der Waals surface area contributed by atoms with Gasteiger partial charge in [0.2, 0.25) is 0 Å². The van der Waals surface area contributed by atoms with Gasteiger partial charge < -0.3 is 14.7 Å². The minimum atomic E-state index is -0.400. The van der Waals surface area contributed by atoms with Crippen LogP contribution in [0.15, 0.2) is 29.6 Å². The van der Waals surface area contributed by atoms with Gasteiger partial charge in [0.05, 0.1) is 31.0 Å². The molecule has 0 bridgehead atoms. The normalized spacial score (nSPS) is 12.0. The van der Waals surface area contributed by atoms with Gasteiger partial charge in [0.15, 0.2) is 0 Å². The molecular weight excluding hydrogens is 288 g/mol. The van der Waals surface area contributed by atoms with Crippen molar-refractivity contribution < 1.29 is 14.6 Å². The molecule has 21 heavy (non-hydrogen) atoms. The highest BCUT2D eigenvalue weighted by Gasteiger charge is 2.24. The lowest BCUT2D eigenvalue weighted by molar-refractivity contribution is 0.0658. The van der Waals surface area contributed by atoms with E-state index in [4.69, 9.17) is 4.74 Å². The van der Waals surface area contributed by atoms with Gasteiger partial charge in [-0.25, -0.2) is 0 Å². The van der Waals surface area contributed by atoms with Crippen molar-refractivity contribution >= 4 is 17.4 Å². The number of nitrogens with zero attached hydrogens (tertiary/aromatic N) is 2. The van der Waals surface area contributed by atoms with Gasteiger partial charge in [0.25, 0.3) is 5.91 Å². The van der Waals surface area contributed by atoms with Gasteiger partial charge in [0.1, 0.15) is 5.75 Å². The Labute approximate surface area is 128 Å². The third-order valence-corrected chi connectivity index (χ3v) is 4.16. The number of hydrogen-bond donors (Lipinski definition) is 1. The zero-order chi connectivity index (χ0) is 15.4. The first-order valence-corrected chi connectivity index (χ1v) is 7.35. The molecule has 1 atom stereocenters. The van der Waals surface area contributed by atoms with Crippen molar-refractivity contribution in [3.05, 3.63) is 46.5 Å². The largest absolute Gasteiger partial charge is 0.497 e. The van der Waals surface area contributed by atoms with Crippen molar-refractivity contribution in [1.82, 2.24) is 9.27 Å². The van der Waals surface area contributed by atoms with Crippen LogP contribution in [0.1, 0.15) is 27.7 Å². The second kappa shape index (κ2) is 6.69. The van der Waals surface area contributed by atoms with E-state index in [0.717, 1.165) is 11.3 Å². The fourth-order valence-electron chi connectivity index (χ4n) is 2.11. The number of aromatic nitrogens is 1. The summed E-state index contributed by atoms with van der Waals surface area (Å²) in [7, 11) is 3.28. The molecule has 0 spiro atoms. The smallest absolute Gasteiger partial charge is 0.256 e. The zero-order valence-electron chi connectivity index (χ0n) is 12.2. The Hall–Kier alpha value is -1.92. The lowest BCUT2D eigenvalue weighted by Crippen LogP contribution is -2.33. The summed E-state index contributed by atoms with van der Waals surface area (Å²) in [5.74, 6) is 0.596. The van der Waals surface area contributed by atoms with Crippen LogP contribution in [-0.4, -0.2) is 41.1 Å². The number of likely N-dealkylation sites (N-methyl/N-ethyl adjacent to an activating group) is 1. The van der Waals surface area contributed by atoms with E-state index in [9.17, 15) is 9.90 Å². The number of aliphatic hydroxyl groups excluding tert-OH is 1. The van der Waals surface area contributed by atoms with E-state index in [0.29, 0.717) is 11.3 Å². The number of ether oxygens (including phenoxy) is 1. The summed E-state index contributed by atoms with van der Waals surface area (Å²) < 4.78 is 9.23. The molecule has 0 saturated carbocycles. The maximum Gasteiger partial charge on any atom is 0.256 e. The predicted octanol–water partition coefficient (Wildman–Crippen LogP) is 2.27. The van der Waals surface area contributed by atoms with Crippen LogP contribution in [0.5, 0.6) is 5.75 Å². The van der Waals surface area contributed by atoms with Crippen molar-refractivity contribution in [1.29, 1.82) is 0 Å². The van der Waals surface area contributed by atoms with Gasteiger partial charge in [-0.05, 0) is 36.2 Å². The summed E-state index contributed by atoms with van der Waals surface area (Å²) in [5.41, 5.74) is 2.15. The second-order valence-electron chi connectivity index (χ2n) is 4.70. The average molecular weight is 306 g/mol. The molecule has 0 radical (unpaired) electrons. The van der Waals surface area contributed by atoms with Crippen molar-refractivity contribution in [3.63, 3.8) is 0 Å². The molecule has 1 aromatic carbocycles. The Kier molecular flexibility index (Phi) is 4.93. The molecule has 0 saturated heterocycles. The van der Waals surface area contributed by atoms with E-state index in [1.165, 1.54) is 11.5 Å². The van der Waals surface area contributed by atoms with Gasteiger partial charge >= 0.3 is 0 Å². The summed E-state index contributed by atoms with van der Waals surface area (Å²) in [5, 5.41) is 11.4. The highest BCUT2D eigenvalue weighted by molar-refractivity contribution is 7.03. The Morgan fingerprint density at radius 3 is 2.57 bits per heavy atom. The van der Waals surface area contributed by atoms with Gasteiger partial charge in [-0.2, -0.15) is 4.37 Å². The Morgan fingerprint density at radius 2 is 2.10 bits per heavy atom. The lowest BCUT2D eigenvalue weighted by atomic mass is 10.1. The van der Waals surface area contributed by atoms with E-state index in [1.807, 2.05) is 24.3 Å². The second-order valence-corrected chi connectivity index (χ2v) is 5.33. The van der Waals surface area contributed by atoms with Crippen LogP contribution in [0.25, 0.3) is 0 Å². The third-order valence-electron chi connectivity index (χ3n) is 3.44. The molecule has 5 nitrogen and oxygen atoms in total. The lowest BCUT2D eigenvalue weighted by Gasteiger charge is -2.27.